The fourth-order valence-corrected chi connectivity index (χ4v) is 3.31. The highest BCUT2D eigenvalue weighted by molar-refractivity contribution is 5.27. The zero-order chi connectivity index (χ0) is 19.9. The first-order valence-electron chi connectivity index (χ1n) is 9.48. The van der Waals surface area contributed by atoms with Gasteiger partial charge in [-0.1, -0.05) is 48.5 Å². The molecule has 2 N–H and O–H groups in total. The van der Waals surface area contributed by atoms with E-state index < -0.39 is 0 Å². The second-order valence-electron chi connectivity index (χ2n) is 7.49. The Labute approximate surface area is 167 Å². The molecule has 0 atom stereocenters. The zero-order valence-electron chi connectivity index (χ0n) is 16.5. The lowest BCUT2D eigenvalue weighted by atomic mass is 10.1. The van der Waals surface area contributed by atoms with Crippen LogP contribution in [0.2, 0.25) is 0 Å². The molecule has 0 radical (unpaired) electrons. The predicted octanol–water partition coefficient (Wildman–Crippen LogP) is 4.36. The van der Waals surface area contributed by atoms with E-state index in [1.54, 1.807) is 24.3 Å². The molecule has 0 spiro atoms. The Kier molecular flexibility index (Phi) is 6.69. The van der Waals surface area contributed by atoms with Crippen LogP contribution in [0, 0.1) is 0 Å². The van der Waals surface area contributed by atoms with Crippen LogP contribution in [0.1, 0.15) is 22.3 Å². The summed E-state index contributed by atoms with van der Waals surface area (Å²) in [5.41, 5.74) is 4.94. The molecule has 3 aromatic carbocycles. The highest BCUT2D eigenvalue weighted by Crippen LogP contribution is 2.15. The molecule has 0 fully saturated rings. The summed E-state index contributed by atoms with van der Waals surface area (Å²) in [5.74, 6) is 0.606. The highest BCUT2D eigenvalue weighted by atomic mass is 16.3. The minimum atomic E-state index is 0.303. The number of benzene rings is 3. The Morgan fingerprint density at radius 1 is 0.464 bits per heavy atom. The summed E-state index contributed by atoms with van der Waals surface area (Å²) in [5, 5.41) is 18.8. The molecule has 0 saturated carbocycles. The van der Waals surface area contributed by atoms with Crippen molar-refractivity contribution < 1.29 is 10.2 Å². The average molecular weight is 377 g/mol. The molecule has 3 aromatic rings. The largest absolute Gasteiger partial charge is 0.508 e. The molecule has 0 unspecified atom stereocenters. The van der Waals surface area contributed by atoms with E-state index in [9.17, 15) is 10.2 Å². The van der Waals surface area contributed by atoms with Crippen molar-refractivity contribution in [3.8, 4) is 11.5 Å². The molecule has 28 heavy (non-hydrogen) atoms. The smallest absolute Gasteiger partial charge is 0.115 e. The lowest BCUT2D eigenvalue weighted by Gasteiger charge is -2.19. The quantitative estimate of drug-likeness (QED) is 0.613. The molecule has 0 aliphatic carbocycles. The molecule has 4 nitrogen and oxygen atoms in total. The summed E-state index contributed by atoms with van der Waals surface area (Å²) < 4.78 is 0. The minimum absolute atomic E-state index is 0.303. The first-order chi connectivity index (χ1) is 13.5. The fraction of sp³-hybridized carbons (Fsp3) is 0.250. The van der Waals surface area contributed by atoms with Crippen molar-refractivity contribution in [2.45, 2.75) is 26.2 Å². The first kappa shape index (κ1) is 19.9. The molecule has 0 aliphatic heterocycles. The van der Waals surface area contributed by atoms with E-state index in [0.717, 1.165) is 26.2 Å². The van der Waals surface area contributed by atoms with Gasteiger partial charge in [-0.15, -0.1) is 0 Å². The number of phenols is 2. The molecule has 0 bridgehead atoms. The summed E-state index contributed by atoms with van der Waals surface area (Å²) >= 11 is 0. The van der Waals surface area contributed by atoms with Gasteiger partial charge in [-0.2, -0.15) is 0 Å². The van der Waals surface area contributed by atoms with Crippen molar-refractivity contribution in [3.05, 3.63) is 95.1 Å². The van der Waals surface area contributed by atoms with Crippen LogP contribution in [0.3, 0.4) is 0 Å². The third kappa shape index (κ3) is 6.12. The maximum atomic E-state index is 9.38. The Morgan fingerprint density at radius 2 is 0.679 bits per heavy atom. The fourth-order valence-electron chi connectivity index (χ4n) is 3.31. The van der Waals surface area contributed by atoms with Crippen molar-refractivity contribution in [2.75, 3.05) is 14.1 Å². The van der Waals surface area contributed by atoms with Gasteiger partial charge in [0.25, 0.3) is 0 Å². The van der Waals surface area contributed by atoms with Gasteiger partial charge in [0, 0.05) is 26.2 Å². The highest BCUT2D eigenvalue weighted by Gasteiger charge is 2.05. The maximum Gasteiger partial charge on any atom is 0.115 e. The van der Waals surface area contributed by atoms with Gasteiger partial charge >= 0.3 is 0 Å². The SMILES string of the molecule is CN(Cc1ccc(O)cc1)Cc1ccc(CN(C)Cc2ccc(O)cc2)cc1. The molecular formula is C24H28N2O2. The van der Waals surface area contributed by atoms with Gasteiger partial charge in [0.1, 0.15) is 11.5 Å². The van der Waals surface area contributed by atoms with Crippen LogP contribution in [0.25, 0.3) is 0 Å². The van der Waals surface area contributed by atoms with Gasteiger partial charge in [-0.3, -0.25) is 9.80 Å². The summed E-state index contributed by atoms with van der Waals surface area (Å²) in [6.45, 7) is 3.45. The topological polar surface area (TPSA) is 46.9 Å². The average Bonchev–Trinajstić information content (AvgIpc) is 2.67. The Morgan fingerprint density at radius 3 is 0.929 bits per heavy atom. The third-order valence-electron chi connectivity index (χ3n) is 4.71. The molecule has 146 valence electrons. The normalized spacial score (nSPS) is 11.3. The van der Waals surface area contributed by atoms with Crippen LogP contribution in [0.5, 0.6) is 11.5 Å². The second-order valence-corrected chi connectivity index (χ2v) is 7.49. The zero-order valence-corrected chi connectivity index (χ0v) is 16.5. The number of hydrogen-bond donors (Lipinski definition) is 2. The van der Waals surface area contributed by atoms with E-state index in [0.29, 0.717) is 11.5 Å². The van der Waals surface area contributed by atoms with Gasteiger partial charge in [0.15, 0.2) is 0 Å². The van der Waals surface area contributed by atoms with Crippen LogP contribution in [-0.2, 0) is 26.2 Å². The van der Waals surface area contributed by atoms with Crippen LogP contribution in [-0.4, -0.2) is 34.1 Å². The van der Waals surface area contributed by atoms with E-state index in [1.165, 1.54) is 22.3 Å². The molecule has 0 saturated heterocycles. The van der Waals surface area contributed by atoms with E-state index in [1.807, 2.05) is 24.3 Å². The number of hydrogen-bond acceptors (Lipinski definition) is 4. The third-order valence-corrected chi connectivity index (χ3v) is 4.71. The summed E-state index contributed by atoms with van der Waals surface area (Å²) in [6, 6.07) is 23.5. The van der Waals surface area contributed by atoms with Gasteiger partial charge in [-0.05, 0) is 60.6 Å². The van der Waals surface area contributed by atoms with Crippen molar-refractivity contribution in [2.24, 2.45) is 0 Å². The standard InChI is InChI=1S/C24H28N2O2/c1-25(17-21-7-11-23(27)12-8-21)15-19-3-5-20(6-4-19)16-26(2)18-22-9-13-24(28)14-10-22/h3-14,27-28H,15-18H2,1-2H3. The Bertz CT molecular complexity index is 784. The Hall–Kier alpha value is -2.82. The number of rotatable bonds is 8. The van der Waals surface area contributed by atoms with Crippen LogP contribution in [0.15, 0.2) is 72.8 Å². The number of phenolic OH excluding ortho intramolecular Hbond substituents is 2. The van der Waals surface area contributed by atoms with E-state index in [4.69, 9.17) is 0 Å². The lowest BCUT2D eigenvalue weighted by Crippen LogP contribution is -2.18. The number of nitrogens with zero attached hydrogens (tertiary/aromatic N) is 2. The van der Waals surface area contributed by atoms with Gasteiger partial charge in [0.05, 0.1) is 0 Å². The predicted molar refractivity (Wildman–Crippen MR) is 113 cm³/mol. The monoisotopic (exact) mass is 376 g/mol. The molecule has 3 rings (SSSR count). The molecule has 4 heteroatoms. The van der Waals surface area contributed by atoms with Crippen LogP contribution >= 0.6 is 0 Å². The summed E-state index contributed by atoms with van der Waals surface area (Å²) in [6.07, 6.45) is 0. The lowest BCUT2D eigenvalue weighted by molar-refractivity contribution is 0.316. The van der Waals surface area contributed by atoms with Crippen LogP contribution < -0.4 is 0 Å². The molecule has 0 amide bonds. The van der Waals surface area contributed by atoms with Crippen molar-refractivity contribution in [3.63, 3.8) is 0 Å². The molecule has 0 heterocycles. The van der Waals surface area contributed by atoms with Crippen molar-refractivity contribution in [1.82, 2.24) is 9.80 Å². The van der Waals surface area contributed by atoms with E-state index >= 15 is 0 Å². The minimum Gasteiger partial charge on any atom is -0.508 e. The summed E-state index contributed by atoms with van der Waals surface area (Å²) in [4.78, 5) is 4.52. The van der Waals surface area contributed by atoms with Crippen LogP contribution in [0.4, 0.5) is 0 Å². The van der Waals surface area contributed by atoms with E-state index in [-0.39, 0.29) is 0 Å². The molecular weight excluding hydrogens is 348 g/mol. The van der Waals surface area contributed by atoms with Gasteiger partial charge in [0.2, 0.25) is 0 Å². The Balaban J connectivity index is 1.49. The second kappa shape index (κ2) is 9.40. The van der Waals surface area contributed by atoms with Crippen molar-refractivity contribution >= 4 is 0 Å². The van der Waals surface area contributed by atoms with Crippen molar-refractivity contribution in [1.29, 1.82) is 0 Å². The first-order valence-corrected chi connectivity index (χ1v) is 9.48. The maximum absolute atomic E-state index is 9.38. The molecule has 0 aliphatic rings. The van der Waals surface area contributed by atoms with Gasteiger partial charge < -0.3 is 10.2 Å². The molecule has 0 aromatic heterocycles. The van der Waals surface area contributed by atoms with E-state index in [2.05, 4.69) is 48.2 Å². The van der Waals surface area contributed by atoms with Gasteiger partial charge in [-0.25, -0.2) is 0 Å². The number of aromatic hydroxyl groups is 2. The summed E-state index contributed by atoms with van der Waals surface area (Å²) in [7, 11) is 4.21.